The van der Waals surface area contributed by atoms with Gasteiger partial charge in [-0.25, -0.2) is 4.39 Å². The van der Waals surface area contributed by atoms with Gasteiger partial charge in [0, 0.05) is 31.4 Å². The molecule has 0 spiro atoms. The average Bonchev–Trinajstić information content (AvgIpc) is 3.09. The first-order chi connectivity index (χ1) is 13.4. The number of aromatic nitrogens is 2. The highest BCUT2D eigenvalue weighted by atomic mass is 19.1. The van der Waals surface area contributed by atoms with Crippen molar-refractivity contribution in [3.8, 4) is 0 Å². The average molecular weight is 388 g/mol. The summed E-state index contributed by atoms with van der Waals surface area (Å²) in [5, 5.41) is 4.36. The number of rotatable bonds is 7. The van der Waals surface area contributed by atoms with Crippen molar-refractivity contribution in [3.63, 3.8) is 0 Å². The molecule has 1 aromatic heterocycles. The zero-order valence-electron chi connectivity index (χ0n) is 16.9. The normalized spacial score (nSPS) is 21.8. The van der Waals surface area contributed by atoms with E-state index in [-0.39, 0.29) is 11.9 Å². The van der Waals surface area contributed by atoms with Crippen molar-refractivity contribution >= 4 is 5.91 Å². The van der Waals surface area contributed by atoms with Crippen molar-refractivity contribution in [2.75, 3.05) is 26.7 Å². The van der Waals surface area contributed by atoms with Gasteiger partial charge < -0.3 is 5.73 Å². The molecular weight excluding hydrogens is 357 g/mol. The number of hydrogen-bond acceptors (Lipinski definition) is 4. The monoisotopic (exact) mass is 387 g/mol. The smallest absolute Gasteiger partial charge is 0.239 e. The summed E-state index contributed by atoms with van der Waals surface area (Å²) in [6.45, 7) is 4.94. The molecule has 2 N–H and O–H groups in total. The molecule has 0 aliphatic carbocycles. The second-order valence-corrected chi connectivity index (χ2v) is 7.72. The Morgan fingerprint density at radius 1 is 1.39 bits per heavy atom. The van der Waals surface area contributed by atoms with Crippen molar-refractivity contribution in [2.24, 2.45) is 18.7 Å². The number of benzene rings is 1. The van der Waals surface area contributed by atoms with Gasteiger partial charge in [0.25, 0.3) is 0 Å². The van der Waals surface area contributed by atoms with E-state index in [2.05, 4.69) is 23.1 Å². The van der Waals surface area contributed by atoms with Crippen LogP contribution in [-0.4, -0.2) is 52.2 Å². The van der Waals surface area contributed by atoms with E-state index in [0.717, 1.165) is 38.0 Å². The molecule has 1 saturated heterocycles. The molecule has 1 fully saturated rings. The number of halogens is 1. The fourth-order valence-corrected chi connectivity index (χ4v) is 4.53. The standard InChI is InChI=1S/C21H30FN5O/c1-4-27-11-5-6-16(19(27)17-12-24-26(3)14-17)13-25(2)20(21(23)28)15-7-9-18(22)10-8-15/h7-10,12,14,16,19-20H,4-6,11,13H2,1-3H3,(H2,23,28)/t16-,19+,20-/m0/s1. The van der Waals surface area contributed by atoms with Crippen molar-refractivity contribution in [1.29, 1.82) is 0 Å². The highest BCUT2D eigenvalue weighted by molar-refractivity contribution is 5.81. The Morgan fingerprint density at radius 2 is 2.11 bits per heavy atom. The number of piperidine rings is 1. The van der Waals surface area contributed by atoms with Crippen LogP contribution in [0.15, 0.2) is 36.7 Å². The minimum absolute atomic E-state index is 0.261. The van der Waals surface area contributed by atoms with Gasteiger partial charge >= 0.3 is 0 Å². The molecule has 152 valence electrons. The molecule has 0 bridgehead atoms. The van der Waals surface area contributed by atoms with Crippen LogP contribution in [0.5, 0.6) is 0 Å². The SMILES string of the molecule is CCN1CCC[C@@H](CN(C)[C@H](C(N)=O)c2ccc(F)cc2)[C@@H]1c1cnn(C)c1. The minimum atomic E-state index is -0.577. The Morgan fingerprint density at radius 3 is 2.68 bits per heavy atom. The topological polar surface area (TPSA) is 67.4 Å². The molecule has 6 nitrogen and oxygen atoms in total. The highest BCUT2D eigenvalue weighted by Gasteiger charge is 2.35. The lowest BCUT2D eigenvalue weighted by molar-refractivity contribution is -0.123. The number of nitrogens with two attached hydrogens (primary N) is 1. The number of nitrogens with zero attached hydrogens (tertiary/aromatic N) is 4. The lowest BCUT2D eigenvalue weighted by atomic mass is 9.85. The summed E-state index contributed by atoms with van der Waals surface area (Å²) >= 11 is 0. The van der Waals surface area contributed by atoms with Crippen molar-refractivity contribution in [2.45, 2.75) is 31.8 Å². The third-order valence-corrected chi connectivity index (χ3v) is 5.75. The maximum absolute atomic E-state index is 13.3. The van der Waals surface area contributed by atoms with Gasteiger partial charge in [-0.3, -0.25) is 19.3 Å². The molecule has 2 heterocycles. The van der Waals surface area contributed by atoms with E-state index in [4.69, 9.17) is 5.73 Å². The van der Waals surface area contributed by atoms with Crippen LogP contribution in [0.1, 0.15) is 43.0 Å². The number of primary amides is 1. The predicted octanol–water partition coefficient (Wildman–Crippen LogP) is 2.49. The fraction of sp³-hybridized carbons (Fsp3) is 0.524. The van der Waals surface area contributed by atoms with Crippen molar-refractivity contribution < 1.29 is 9.18 Å². The molecule has 0 unspecified atom stereocenters. The molecule has 28 heavy (non-hydrogen) atoms. The summed E-state index contributed by atoms with van der Waals surface area (Å²) in [5.74, 6) is -0.391. The molecule has 3 atom stereocenters. The lowest BCUT2D eigenvalue weighted by Crippen LogP contribution is -2.45. The first-order valence-electron chi connectivity index (χ1n) is 9.88. The van der Waals surface area contributed by atoms with E-state index in [9.17, 15) is 9.18 Å². The van der Waals surface area contributed by atoms with Gasteiger partial charge in [-0.2, -0.15) is 5.10 Å². The van der Waals surface area contributed by atoms with Crippen LogP contribution in [0, 0.1) is 11.7 Å². The van der Waals surface area contributed by atoms with Crippen LogP contribution < -0.4 is 5.73 Å². The van der Waals surface area contributed by atoms with Gasteiger partial charge in [0.05, 0.1) is 6.20 Å². The summed E-state index contributed by atoms with van der Waals surface area (Å²) in [6, 6.07) is 5.70. The molecule has 0 saturated carbocycles. The summed E-state index contributed by atoms with van der Waals surface area (Å²) in [7, 11) is 3.85. The van der Waals surface area contributed by atoms with Gasteiger partial charge in [0.2, 0.25) is 5.91 Å². The summed E-state index contributed by atoms with van der Waals surface area (Å²) < 4.78 is 15.1. The van der Waals surface area contributed by atoms with Crippen LogP contribution >= 0.6 is 0 Å². The molecule has 1 amide bonds. The maximum Gasteiger partial charge on any atom is 0.239 e. The number of carbonyl (C=O) groups excluding carboxylic acids is 1. The van der Waals surface area contributed by atoms with E-state index < -0.39 is 11.9 Å². The number of carbonyl (C=O) groups is 1. The van der Waals surface area contributed by atoms with Crippen LogP contribution in [0.25, 0.3) is 0 Å². The summed E-state index contributed by atoms with van der Waals surface area (Å²) in [5.41, 5.74) is 7.65. The van der Waals surface area contributed by atoms with Crippen molar-refractivity contribution in [1.82, 2.24) is 19.6 Å². The number of likely N-dealkylation sites (N-methyl/N-ethyl adjacent to an activating group) is 1. The minimum Gasteiger partial charge on any atom is -0.368 e. The zero-order valence-corrected chi connectivity index (χ0v) is 16.9. The molecule has 1 aliphatic heterocycles. The second-order valence-electron chi connectivity index (χ2n) is 7.72. The van der Waals surface area contributed by atoms with E-state index in [1.54, 1.807) is 12.1 Å². The predicted molar refractivity (Wildman–Crippen MR) is 107 cm³/mol. The third kappa shape index (κ3) is 4.42. The zero-order chi connectivity index (χ0) is 20.3. The van der Waals surface area contributed by atoms with Crippen LogP contribution in [0.4, 0.5) is 4.39 Å². The Labute approximate surface area is 166 Å². The van der Waals surface area contributed by atoms with E-state index >= 15 is 0 Å². The third-order valence-electron chi connectivity index (χ3n) is 5.75. The fourth-order valence-electron chi connectivity index (χ4n) is 4.53. The molecule has 1 aromatic carbocycles. The van der Waals surface area contributed by atoms with Gasteiger partial charge in [0.1, 0.15) is 11.9 Å². The maximum atomic E-state index is 13.3. The summed E-state index contributed by atoms with van der Waals surface area (Å²) in [4.78, 5) is 16.7. The molecule has 7 heteroatoms. The Hall–Kier alpha value is -2.25. The Kier molecular flexibility index (Phi) is 6.46. The van der Waals surface area contributed by atoms with Crippen molar-refractivity contribution in [3.05, 3.63) is 53.6 Å². The first-order valence-corrected chi connectivity index (χ1v) is 9.88. The van der Waals surface area contributed by atoms with Gasteiger partial charge in [-0.1, -0.05) is 19.1 Å². The quantitative estimate of drug-likeness (QED) is 0.793. The van der Waals surface area contributed by atoms with Gasteiger partial charge in [-0.05, 0) is 56.6 Å². The number of likely N-dealkylation sites (tertiary alicyclic amines) is 1. The molecule has 3 rings (SSSR count). The lowest BCUT2D eigenvalue weighted by Gasteiger charge is -2.42. The first kappa shape index (κ1) is 20.5. The number of amides is 1. The highest BCUT2D eigenvalue weighted by Crippen LogP contribution is 2.37. The largest absolute Gasteiger partial charge is 0.368 e. The van der Waals surface area contributed by atoms with E-state index in [1.165, 1.54) is 17.7 Å². The van der Waals surface area contributed by atoms with Crippen LogP contribution in [-0.2, 0) is 11.8 Å². The van der Waals surface area contributed by atoms with Gasteiger partial charge in [-0.15, -0.1) is 0 Å². The number of aryl methyl sites for hydroxylation is 1. The molecular formula is C21H30FN5O. The van der Waals surface area contributed by atoms with Crippen LogP contribution in [0.3, 0.4) is 0 Å². The summed E-state index contributed by atoms with van der Waals surface area (Å²) in [6.07, 6.45) is 6.23. The Bertz CT molecular complexity index is 790. The molecule has 1 aliphatic rings. The Balaban J connectivity index is 1.83. The molecule has 0 radical (unpaired) electrons. The van der Waals surface area contributed by atoms with E-state index in [0.29, 0.717) is 5.92 Å². The van der Waals surface area contributed by atoms with Crippen LogP contribution in [0.2, 0.25) is 0 Å². The molecule has 2 aromatic rings. The van der Waals surface area contributed by atoms with Gasteiger partial charge in [0.15, 0.2) is 0 Å². The van der Waals surface area contributed by atoms with E-state index in [1.807, 2.05) is 29.9 Å². The number of hydrogen-bond donors (Lipinski definition) is 1. The second kappa shape index (κ2) is 8.84.